The van der Waals surface area contributed by atoms with Crippen LogP contribution in [0.2, 0.25) is 0 Å². The number of ether oxygens (including phenoxy) is 1. The van der Waals surface area contributed by atoms with Gasteiger partial charge in [-0.2, -0.15) is 0 Å². The molecule has 0 aliphatic heterocycles. The second kappa shape index (κ2) is 9.19. The minimum absolute atomic E-state index is 0.331. The third-order valence-electron chi connectivity index (χ3n) is 6.05. The van der Waals surface area contributed by atoms with E-state index >= 15 is 0 Å². The molecule has 0 radical (unpaired) electrons. The SMILES string of the molecule is O=C(COC(=O)C[C@@H]1C[C@H]2CC[C@@H]1C2)NC(=O)NCCC1=CCCCC1. The number of allylic oxidation sites excluding steroid dienone is 1. The van der Waals surface area contributed by atoms with E-state index in [1.807, 2.05) is 0 Å². The van der Waals surface area contributed by atoms with Crippen molar-refractivity contribution in [1.82, 2.24) is 10.6 Å². The second-order valence-electron chi connectivity index (χ2n) is 7.96. The molecule has 3 aliphatic rings. The predicted molar refractivity (Wildman–Crippen MR) is 97.2 cm³/mol. The van der Waals surface area contributed by atoms with Gasteiger partial charge in [0.15, 0.2) is 6.61 Å². The fraction of sp³-hybridized carbons (Fsp3) is 0.750. The van der Waals surface area contributed by atoms with Crippen LogP contribution in [0.15, 0.2) is 11.6 Å². The number of carbonyl (C=O) groups is 3. The Bertz CT molecular complexity index is 572. The number of imide groups is 1. The van der Waals surface area contributed by atoms with Gasteiger partial charge in [0.1, 0.15) is 0 Å². The lowest BCUT2D eigenvalue weighted by molar-refractivity contribution is -0.149. The van der Waals surface area contributed by atoms with Crippen molar-refractivity contribution in [2.45, 2.75) is 64.2 Å². The summed E-state index contributed by atoms with van der Waals surface area (Å²) >= 11 is 0. The van der Waals surface area contributed by atoms with Gasteiger partial charge in [0, 0.05) is 13.0 Å². The highest BCUT2D eigenvalue weighted by Crippen LogP contribution is 2.49. The number of nitrogens with one attached hydrogen (secondary N) is 2. The van der Waals surface area contributed by atoms with Gasteiger partial charge in [-0.1, -0.05) is 18.1 Å². The summed E-state index contributed by atoms with van der Waals surface area (Å²) < 4.78 is 5.03. The molecule has 3 atom stereocenters. The van der Waals surface area contributed by atoms with Crippen molar-refractivity contribution in [3.63, 3.8) is 0 Å². The number of urea groups is 1. The van der Waals surface area contributed by atoms with Crippen LogP contribution >= 0.6 is 0 Å². The zero-order valence-corrected chi connectivity index (χ0v) is 15.4. The first-order chi connectivity index (χ1) is 12.6. The van der Waals surface area contributed by atoms with Crippen molar-refractivity contribution in [3.05, 3.63) is 11.6 Å². The lowest BCUT2D eigenvalue weighted by atomic mass is 9.86. The summed E-state index contributed by atoms with van der Waals surface area (Å²) in [7, 11) is 0. The van der Waals surface area contributed by atoms with Crippen molar-refractivity contribution in [2.24, 2.45) is 17.8 Å². The summed E-state index contributed by atoms with van der Waals surface area (Å²) in [6.45, 7) is 0.118. The van der Waals surface area contributed by atoms with Gasteiger partial charge in [0.2, 0.25) is 0 Å². The molecule has 0 aromatic carbocycles. The molecule has 2 saturated carbocycles. The zero-order chi connectivity index (χ0) is 18.4. The topological polar surface area (TPSA) is 84.5 Å². The van der Waals surface area contributed by atoms with Crippen LogP contribution in [0.5, 0.6) is 0 Å². The van der Waals surface area contributed by atoms with Crippen LogP contribution in [-0.4, -0.2) is 31.1 Å². The Hall–Kier alpha value is -1.85. The largest absolute Gasteiger partial charge is 0.456 e. The van der Waals surface area contributed by atoms with Gasteiger partial charge in [0.25, 0.3) is 5.91 Å². The summed E-state index contributed by atoms with van der Waals surface area (Å²) in [5.41, 5.74) is 1.37. The van der Waals surface area contributed by atoms with E-state index in [2.05, 4.69) is 16.7 Å². The van der Waals surface area contributed by atoms with Crippen molar-refractivity contribution < 1.29 is 19.1 Å². The highest BCUT2D eigenvalue weighted by atomic mass is 16.5. The molecule has 2 bridgehead atoms. The molecule has 0 saturated heterocycles. The zero-order valence-electron chi connectivity index (χ0n) is 15.4. The molecule has 6 heteroatoms. The molecule has 3 amide bonds. The van der Waals surface area contributed by atoms with E-state index < -0.39 is 18.5 Å². The van der Waals surface area contributed by atoms with Gasteiger partial charge in [-0.3, -0.25) is 14.9 Å². The molecule has 0 heterocycles. The Kier molecular flexibility index (Phi) is 6.69. The Morgan fingerprint density at radius 1 is 1.15 bits per heavy atom. The third kappa shape index (κ3) is 5.58. The number of carbonyl (C=O) groups excluding carboxylic acids is 3. The number of rotatable bonds is 7. The normalized spacial score (nSPS) is 26.9. The van der Waals surface area contributed by atoms with Gasteiger partial charge < -0.3 is 10.1 Å². The van der Waals surface area contributed by atoms with Gasteiger partial charge in [-0.15, -0.1) is 0 Å². The quantitative estimate of drug-likeness (QED) is 0.538. The lowest BCUT2D eigenvalue weighted by Crippen LogP contribution is -2.41. The maximum Gasteiger partial charge on any atom is 0.321 e. The van der Waals surface area contributed by atoms with Crippen LogP contribution < -0.4 is 10.6 Å². The minimum Gasteiger partial charge on any atom is -0.456 e. The predicted octanol–water partition coefficient (Wildman–Crippen LogP) is 3.07. The molecule has 0 spiro atoms. The van der Waals surface area contributed by atoms with E-state index in [0.29, 0.717) is 24.8 Å². The van der Waals surface area contributed by atoms with E-state index in [9.17, 15) is 14.4 Å². The highest BCUT2D eigenvalue weighted by Gasteiger charge is 2.40. The molecule has 2 fully saturated rings. The molecule has 0 unspecified atom stereocenters. The first-order valence-corrected chi connectivity index (χ1v) is 10.0. The Morgan fingerprint density at radius 3 is 2.73 bits per heavy atom. The van der Waals surface area contributed by atoms with Crippen LogP contribution in [0.4, 0.5) is 4.79 Å². The van der Waals surface area contributed by atoms with Gasteiger partial charge >= 0.3 is 12.0 Å². The molecule has 2 N–H and O–H groups in total. The van der Waals surface area contributed by atoms with Gasteiger partial charge in [0.05, 0.1) is 0 Å². The Labute approximate surface area is 155 Å². The molecule has 26 heavy (non-hydrogen) atoms. The third-order valence-corrected chi connectivity index (χ3v) is 6.05. The molecule has 0 aromatic heterocycles. The fourth-order valence-electron chi connectivity index (χ4n) is 4.72. The number of esters is 1. The van der Waals surface area contributed by atoms with Crippen LogP contribution in [0.3, 0.4) is 0 Å². The van der Waals surface area contributed by atoms with E-state index in [4.69, 9.17) is 4.74 Å². The van der Waals surface area contributed by atoms with Gasteiger partial charge in [-0.25, -0.2) is 4.79 Å². The maximum atomic E-state index is 11.9. The van der Waals surface area contributed by atoms with Crippen LogP contribution in [0.1, 0.15) is 64.2 Å². The molecule has 6 nitrogen and oxygen atoms in total. The lowest BCUT2D eigenvalue weighted by Gasteiger charge is -2.20. The van der Waals surface area contributed by atoms with E-state index in [1.54, 1.807) is 0 Å². The summed E-state index contributed by atoms with van der Waals surface area (Å²) in [6, 6.07) is -0.532. The molecule has 0 aromatic rings. The second-order valence-corrected chi connectivity index (χ2v) is 7.96. The molecular formula is C20H30N2O4. The minimum atomic E-state index is -0.583. The summed E-state index contributed by atoms with van der Waals surface area (Å²) in [4.78, 5) is 35.3. The first kappa shape index (κ1) is 18.9. The first-order valence-electron chi connectivity index (χ1n) is 10.0. The average Bonchev–Trinajstić information content (AvgIpc) is 3.24. The van der Waals surface area contributed by atoms with Crippen LogP contribution in [-0.2, 0) is 14.3 Å². The smallest absolute Gasteiger partial charge is 0.321 e. The summed E-state index contributed by atoms with van der Waals surface area (Å²) in [5, 5.41) is 4.88. The van der Waals surface area contributed by atoms with Crippen molar-refractivity contribution in [3.8, 4) is 0 Å². The summed E-state index contributed by atoms with van der Waals surface area (Å²) in [6.07, 6.45) is 13.0. The maximum absolute atomic E-state index is 11.9. The number of hydrogen-bond acceptors (Lipinski definition) is 4. The van der Waals surface area contributed by atoms with Crippen molar-refractivity contribution in [2.75, 3.05) is 13.2 Å². The van der Waals surface area contributed by atoms with Crippen LogP contribution in [0.25, 0.3) is 0 Å². The molecule has 144 valence electrons. The van der Waals surface area contributed by atoms with Crippen molar-refractivity contribution >= 4 is 17.9 Å². The van der Waals surface area contributed by atoms with E-state index in [0.717, 1.165) is 31.6 Å². The van der Waals surface area contributed by atoms with Crippen LogP contribution in [0, 0.1) is 17.8 Å². The number of amides is 3. The van der Waals surface area contributed by atoms with Gasteiger partial charge in [-0.05, 0) is 69.1 Å². The van der Waals surface area contributed by atoms with E-state index in [1.165, 1.54) is 37.7 Å². The van der Waals surface area contributed by atoms with Crippen molar-refractivity contribution in [1.29, 1.82) is 0 Å². The fourth-order valence-corrected chi connectivity index (χ4v) is 4.72. The van der Waals surface area contributed by atoms with E-state index in [-0.39, 0.29) is 5.97 Å². The highest BCUT2D eigenvalue weighted by molar-refractivity contribution is 5.95. The molecule has 3 aliphatic carbocycles. The number of hydrogen-bond donors (Lipinski definition) is 2. The monoisotopic (exact) mass is 362 g/mol. The summed E-state index contributed by atoms with van der Waals surface area (Å²) in [5.74, 6) is 0.949. The standard InChI is InChI=1S/C20H30N2O4/c23-18(22-20(25)21-9-8-14-4-2-1-3-5-14)13-26-19(24)12-17-11-15-6-7-16(17)10-15/h4,15-17H,1-3,5-13H2,(H2,21,22,23,25)/t15-,16+,17-/m0/s1. The number of fused-ring (bicyclic) bond motifs is 2. The Balaban J connectivity index is 1.25. The molecular weight excluding hydrogens is 332 g/mol. The Morgan fingerprint density at radius 2 is 2.04 bits per heavy atom. The molecule has 3 rings (SSSR count). The average molecular weight is 362 g/mol.